The molecule has 3 aromatic carbocycles. The fourth-order valence-corrected chi connectivity index (χ4v) is 4.96. The van der Waals surface area contributed by atoms with Gasteiger partial charge in [-0.2, -0.15) is 0 Å². The maximum absolute atomic E-state index is 13.4. The maximum Gasteiger partial charge on any atom is 0.264 e. The molecule has 0 fully saturated rings. The van der Waals surface area contributed by atoms with Gasteiger partial charge in [-0.1, -0.05) is 74.0 Å². The Morgan fingerprint density at radius 2 is 1.55 bits per heavy atom. The van der Waals surface area contributed by atoms with Crippen molar-refractivity contribution in [2.45, 2.75) is 44.4 Å². The average Bonchev–Trinajstić information content (AvgIpc) is 2.82. The molecule has 0 aliphatic carbocycles. The zero-order chi connectivity index (χ0) is 23.8. The molecule has 174 valence electrons. The van der Waals surface area contributed by atoms with Crippen LogP contribution in [-0.2, 0) is 21.2 Å². The Labute approximate surface area is 197 Å². The predicted molar refractivity (Wildman–Crippen MR) is 134 cm³/mol. The number of carbonyl (C=O) groups is 1. The molecule has 0 saturated carbocycles. The van der Waals surface area contributed by atoms with Crippen molar-refractivity contribution in [3.63, 3.8) is 0 Å². The number of nitrogens with one attached hydrogen (secondary N) is 1. The lowest BCUT2D eigenvalue weighted by atomic mass is 10.0. The second-order valence-corrected chi connectivity index (χ2v) is 10.4. The standard InChI is InChI=1S/C27H32N2O3S/c1-21(2)24-15-17-25(18-16-24)29(33(31,32)26-9-5-4-6-10-26)20-27(30)28-19-7-8-23-13-11-22(3)12-14-23/h4-6,9-18,21H,7-8,19-20H2,1-3H3,(H,28,30). The summed E-state index contributed by atoms with van der Waals surface area (Å²) in [4.78, 5) is 12.9. The third kappa shape index (κ3) is 6.68. The normalized spacial score (nSPS) is 11.4. The first-order valence-corrected chi connectivity index (χ1v) is 12.7. The highest BCUT2D eigenvalue weighted by atomic mass is 32.2. The molecule has 1 N–H and O–H groups in total. The van der Waals surface area contributed by atoms with Gasteiger partial charge in [-0.15, -0.1) is 0 Å². The van der Waals surface area contributed by atoms with Gasteiger partial charge in [-0.25, -0.2) is 8.42 Å². The van der Waals surface area contributed by atoms with E-state index in [0.29, 0.717) is 18.2 Å². The van der Waals surface area contributed by atoms with Crippen molar-refractivity contribution in [1.29, 1.82) is 0 Å². The van der Waals surface area contributed by atoms with Crippen molar-refractivity contribution in [2.24, 2.45) is 0 Å². The predicted octanol–water partition coefficient (Wildman–Crippen LogP) is 5.06. The minimum absolute atomic E-state index is 0.158. The second kappa shape index (κ2) is 11.1. The summed E-state index contributed by atoms with van der Waals surface area (Å²) < 4.78 is 27.9. The van der Waals surface area contributed by atoms with Crippen LogP contribution in [0.25, 0.3) is 0 Å². The van der Waals surface area contributed by atoms with Crippen LogP contribution in [0.3, 0.4) is 0 Å². The molecule has 3 aromatic rings. The van der Waals surface area contributed by atoms with Crippen LogP contribution in [0.15, 0.2) is 83.8 Å². The van der Waals surface area contributed by atoms with E-state index in [2.05, 4.69) is 50.4 Å². The Kier molecular flexibility index (Phi) is 8.28. The van der Waals surface area contributed by atoms with Gasteiger partial charge in [0.05, 0.1) is 10.6 Å². The fourth-order valence-electron chi connectivity index (χ4n) is 3.52. The molecule has 0 saturated heterocycles. The van der Waals surface area contributed by atoms with Crippen LogP contribution in [-0.4, -0.2) is 27.4 Å². The summed E-state index contributed by atoms with van der Waals surface area (Å²) >= 11 is 0. The SMILES string of the molecule is Cc1ccc(CCCNC(=O)CN(c2ccc(C(C)C)cc2)S(=O)(=O)c2ccccc2)cc1. The summed E-state index contributed by atoms with van der Waals surface area (Å²) in [5.41, 5.74) is 4.01. The number of carbonyl (C=O) groups excluding carboxylic acids is 1. The molecule has 0 aliphatic rings. The van der Waals surface area contributed by atoms with E-state index in [1.165, 1.54) is 15.4 Å². The zero-order valence-corrected chi connectivity index (χ0v) is 20.3. The smallest absolute Gasteiger partial charge is 0.264 e. The van der Waals surface area contributed by atoms with Crippen LogP contribution in [0.1, 0.15) is 42.9 Å². The zero-order valence-electron chi connectivity index (χ0n) is 19.5. The minimum atomic E-state index is -3.89. The summed E-state index contributed by atoms with van der Waals surface area (Å²) in [6, 6.07) is 23.9. The Balaban J connectivity index is 1.71. The number of hydrogen-bond acceptors (Lipinski definition) is 3. The fraction of sp³-hybridized carbons (Fsp3) is 0.296. The van der Waals surface area contributed by atoms with Crippen molar-refractivity contribution < 1.29 is 13.2 Å². The monoisotopic (exact) mass is 464 g/mol. The Morgan fingerprint density at radius 3 is 2.15 bits per heavy atom. The van der Waals surface area contributed by atoms with Crippen LogP contribution >= 0.6 is 0 Å². The molecule has 1 amide bonds. The highest BCUT2D eigenvalue weighted by Gasteiger charge is 2.27. The van der Waals surface area contributed by atoms with E-state index in [-0.39, 0.29) is 17.3 Å². The number of aryl methyl sites for hydroxylation is 2. The first kappa shape index (κ1) is 24.5. The van der Waals surface area contributed by atoms with Crippen molar-refractivity contribution in [3.05, 3.63) is 95.6 Å². The summed E-state index contributed by atoms with van der Waals surface area (Å²) in [5, 5.41) is 2.87. The molecular weight excluding hydrogens is 432 g/mol. The largest absolute Gasteiger partial charge is 0.355 e. The molecular formula is C27H32N2O3S. The third-order valence-electron chi connectivity index (χ3n) is 5.55. The lowest BCUT2D eigenvalue weighted by molar-refractivity contribution is -0.119. The quantitative estimate of drug-likeness (QED) is 0.426. The molecule has 0 aromatic heterocycles. The molecule has 3 rings (SSSR count). The number of rotatable bonds is 10. The summed E-state index contributed by atoms with van der Waals surface area (Å²) in [7, 11) is -3.89. The maximum atomic E-state index is 13.4. The van der Waals surface area contributed by atoms with Crippen LogP contribution < -0.4 is 9.62 Å². The molecule has 5 nitrogen and oxygen atoms in total. The molecule has 0 unspecified atom stereocenters. The molecule has 0 atom stereocenters. The molecule has 0 bridgehead atoms. The molecule has 0 spiro atoms. The molecule has 6 heteroatoms. The van der Waals surface area contributed by atoms with Crippen molar-refractivity contribution in [2.75, 3.05) is 17.4 Å². The molecule has 33 heavy (non-hydrogen) atoms. The Hall–Kier alpha value is -3.12. The topological polar surface area (TPSA) is 66.5 Å². The summed E-state index contributed by atoms with van der Waals surface area (Å²) in [5.74, 6) is 0.00130. The first-order chi connectivity index (χ1) is 15.8. The van der Waals surface area contributed by atoms with E-state index in [1.807, 2.05) is 12.1 Å². The van der Waals surface area contributed by atoms with Gasteiger partial charge in [0.1, 0.15) is 6.54 Å². The van der Waals surface area contributed by atoms with Gasteiger partial charge in [0, 0.05) is 6.54 Å². The first-order valence-electron chi connectivity index (χ1n) is 11.3. The van der Waals surface area contributed by atoms with Crippen molar-refractivity contribution in [1.82, 2.24) is 5.32 Å². The minimum Gasteiger partial charge on any atom is -0.355 e. The number of hydrogen-bond donors (Lipinski definition) is 1. The van der Waals surface area contributed by atoms with Crippen molar-refractivity contribution in [3.8, 4) is 0 Å². The van der Waals surface area contributed by atoms with Gasteiger partial charge < -0.3 is 5.32 Å². The number of nitrogens with zero attached hydrogens (tertiary/aromatic N) is 1. The van der Waals surface area contributed by atoms with Gasteiger partial charge in [-0.05, 0) is 61.1 Å². The lowest BCUT2D eigenvalue weighted by Crippen LogP contribution is -2.41. The molecule has 0 heterocycles. The van der Waals surface area contributed by atoms with Gasteiger partial charge in [0.15, 0.2) is 0 Å². The lowest BCUT2D eigenvalue weighted by Gasteiger charge is -2.24. The van der Waals surface area contributed by atoms with E-state index in [9.17, 15) is 13.2 Å². The Bertz CT molecular complexity index is 1140. The summed E-state index contributed by atoms with van der Waals surface area (Å²) in [6.45, 7) is 6.42. The number of amides is 1. The number of sulfonamides is 1. The van der Waals surface area contributed by atoms with Gasteiger partial charge >= 0.3 is 0 Å². The van der Waals surface area contributed by atoms with E-state index in [0.717, 1.165) is 18.4 Å². The van der Waals surface area contributed by atoms with E-state index in [1.54, 1.807) is 42.5 Å². The average molecular weight is 465 g/mol. The van der Waals surface area contributed by atoms with Crippen LogP contribution in [0.4, 0.5) is 5.69 Å². The number of benzene rings is 3. The van der Waals surface area contributed by atoms with Gasteiger partial charge in [0.2, 0.25) is 5.91 Å². The third-order valence-corrected chi connectivity index (χ3v) is 7.34. The highest BCUT2D eigenvalue weighted by molar-refractivity contribution is 7.92. The number of anilines is 1. The molecule has 0 aliphatic heterocycles. The van der Waals surface area contributed by atoms with Crippen molar-refractivity contribution >= 4 is 21.6 Å². The summed E-state index contributed by atoms with van der Waals surface area (Å²) in [6.07, 6.45) is 1.63. The van der Waals surface area contributed by atoms with E-state index >= 15 is 0 Å². The Morgan fingerprint density at radius 1 is 0.909 bits per heavy atom. The second-order valence-electron chi connectivity index (χ2n) is 8.51. The van der Waals surface area contributed by atoms with E-state index in [4.69, 9.17) is 0 Å². The van der Waals surface area contributed by atoms with Crippen LogP contribution in [0.2, 0.25) is 0 Å². The van der Waals surface area contributed by atoms with Crippen LogP contribution in [0.5, 0.6) is 0 Å². The van der Waals surface area contributed by atoms with E-state index < -0.39 is 10.0 Å². The van der Waals surface area contributed by atoms with Gasteiger partial charge in [-0.3, -0.25) is 9.10 Å². The van der Waals surface area contributed by atoms with Crippen LogP contribution in [0, 0.1) is 6.92 Å². The van der Waals surface area contributed by atoms with Gasteiger partial charge in [0.25, 0.3) is 10.0 Å². The molecule has 0 radical (unpaired) electrons. The highest BCUT2D eigenvalue weighted by Crippen LogP contribution is 2.25.